The molecule has 0 aliphatic carbocycles. The molecule has 0 aliphatic heterocycles. The number of ether oxygens (including phenoxy) is 1. The van der Waals surface area contributed by atoms with E-state index >= 15 is 0 Å². The standard InChI is InChI=1S/C24H20O2/c25-16-19-6-7-23-15-22(9-8-21(23)14-19)20-10-12-24(13-11-20)26-17-18-4-2-1-3-5-18/h1-15,25H,16-17H2. The molecule has 0 saturated carbocycles. The molecule has 0 radical (unpaired) electrons. The van der Waals surface area contributed by atoms with Crippen LogP contribution >= 0.6 is 0 Å². The first-order chi connectivity index (χ1) is 12.8. The average Bonchev–Trinajstić information content (AvgIpc) is 2.72. The molecule has 0 saturated heterocycles. The molecule has 0 unspecified atom stereocenters. The summed E-state index contributed by atoms with van der Waals surface area (Å²) >= 11 is 0. The fraction of sp³-hybridized carbons (Fsp3) is 0.0833. The van der Waals surface area contributed by atoms with Gasteiger partial charge in [-0.1, -0.05) is 66.7 Å². The third kappa shape index (κ3) is 3.61. The van der Waals surface area contributed by atoms with Crippen molar-refractivity contribution in [2.45, 2.75) is 13.2 Å². The molecule has 128 valence electrons. The number of rotatable bonds is 5. The van der Waals surface area contributed by atoms with Gasteiger partial charge in [-0.25, -0.2) is 0 Å². The summed E-state index contributed by atoms with van der Waals surface area (Å²) in [6.45, 7) is 0.644. The second-order valence-corrected chi connectivity index (χ2v) is 6.35. The minimum Gasteiger partial charge on any atom is -0.489 e. The number of hydrogen-bond acceptors (Lipinski definition) is 2. The van der Waals surface area contributed by atoms with Crippen molar-refractivity contribution in [2.75, 3.05) is 0 Å². The highest BCUT2D eigenvalue weighted by atomic mass is 16.5. The smallest absolute Gasteiger partial charge is 0.119 e. The Morgan fingerprint density at radius 2 is 1.31 bits per heavy atom. The highest BCUT2D eigenvalue weighted by Crippen LogP contribution is 2.27. The summed E-state index contributed by atoms with van der Waals surface area (Å²) in [5, 5.41) is 11.6. The lowest BCUT2D eigenvalue weighted by atomic mass is 10.00. The fourth-order valence-corrected chi connectivity index (χ4v) is 3.06. The van der Waals surface area contributed by atoms with Gasteiger partial charge in [0.25, 0.3) is 0 Å². The number of aliphatic hydroxyl groups excluding tert-OH is 1. The van der Waals surface area contributed by atoms with Crippen LogP contribution in [0.3, 0.4) is 0 Å². The maximum Gasteiger partial charge on any atom is 0.119 e. The van der Waals surface area contributed by atoms with Gasteiger partial charge < -0.3 is 9.84 Å². The molecule has 26 heavy (non-hydrogen) atoms. The molecular formula is C24H20O2. The quantitative estimate of drug-likeness (QED) is 0.514. The Bertz CT molecular complexity index is 1010. The summed E-state index contributed by atoms with van der Waals surface area (Å²) in [7, 11) is 0. The Hall–Kier alpha value is -3.10. The zero-order valence-electron chi connectivity index (χ0n) is 14.4. The molecule has 0 amide bonds. The first-order valence-corrected chi connectivity index (χ1v) is 8.72. The van der Waals surface area contributed by atoms with Gasteiger partial charge in [0.15, 0.2) is 0 Å². The van der Waals surface area contributed by atoms with E-state index in [0.717, 1.165) is 27.8 Å². The van der Waals surface area contributed by atoms with Crippen LogP contribution in [0.5, 0.6) is 5.75 Å². The normalized spacial score (nSPS) is 10.8. The minimum atomic E-state index is 0.0716. The highest BCUT2D eigenvalue weighted by Gasteiger charge is 2.02. The van der Waals surface area contributed by atoms with Crippen molar-refractivity contribution in [1.29, 1.82) is 0 Å². The molecule has 0 bridgehead atoms. The van der Waals surface area contributed by atoms with Crippen molar-refractivity contribution in [3.05, 3.63) is 102 Å². The maximum atomic E-state index is 9.26. The number of aliphatic hydroxyl groups is 1. The molecule has 1 N–H and O–H groups in total. The molecule has 0 fully saturated rings. The van der Waals surface area contributed by atoms with Gasteiger partial charge >= 0.3 is 0 Å². The van der Waals surface area contributed by atoms with Gasteiger partial charge in [0.05, 0.1) is 6.61 Å². The summed E-state index contributed by atoms with van der Waals surface area (Å²) in [5.74, 6) is 0.867. The predicted octanol–water partition coefficient (Wildman–Crippen LogP) is 5.58. The second-order valence-electron chi connectivity index (χ2n) is 6.35. The molecule has 0 aliphatic rings. The molecule has 0 aromatic heterocycles. The van der Waals surface area contributed by atoms with Gasteiger partial charge in [0.2, 0.25) is 0 Å². The summed E-state index contributed by atoms with van der Waals surface area (Å²) < 4.78 is 5.86. The summed E-state index contributed by atoms with van der Waals surface area (Å²) in [6, 6.07) is 30.8. The third-order valence-electron chi connectivity index (χ3n) is 4.52. The molecule has 0 atom stereocenters. The Balaban J connectivity index is 1.52. The van der Waals surface area contributed by atoms with E-state index in [0.29, 0.717) is 6.61 Å². The van der Waals surface area contributed by atoms with Crippen LogP contribution in [0.1, 0.15) is 11.1 Å². The first kappa shape index (κ1) is 16.4. The molecular weight excluding hydrogens is 320 g/mol. The zero-order valence-corrected chi connectivity index (χ0v) is 14.4. The van der Waals surface area contributed by atoms with Crippen LogP contribution in [-0.2, 0) is 13.2 Å². The molecule has 4 rings (SSSR count). The fourth-order valence-electron chi connectivity index (χ4n) is 3.06. The third-order valence-corrected chi connectivity index (χ3v) is 4.52. The number of fused-ring (bicyclic) bond motifs is 1. The first-order valence-electron chi connectivity index (χ1n) is 8.72. The van der Waals surface area contributed by atoms with Crippen LogP contribution in [0.2, 0.25) is 0 Å². The van der Waals surface area contributed by atoms with Crippen molar-refractivity contribution >= 4 is 10.8 Å². The SMILES string of the molecule is OCc1ccc2cc(-c3ccc(OCc4ccccc4)cc3)ccc2c1. The van der Waals surface area contributed by atoms with Crippen LogP contribution < -0.4 is 4.74 Å². The number of benzene rings is 4. The van der Waals surface area contributed by atoms with Crippen LogP contribution in [-0.4, -0.2) is 5.11 Å². The monoisotopic (exact) mass is 340 g/mol. The van der Waals surface area contributed by atoms with Gasteiger partial charge in [0.1, 0.15) is 12.4 Å². The molecule has 2 nitrogen and oxygen atoms in total. The largest absolute Gasteiger partial charge is 0.489 e. The van der Waals surface area contributed by atoms with Crippen LogP contribution in [0.15, 0.2) is 91.0 Å². The van der Waals surface area contributed by atoms with Gasteiger partial charge in [-0.15, -0.1) is 0 Å². The van der Waals surface area contributed by atoms with Crippen LogP contribution in [0.25, 0.3) is 21.9 Å². The minimum absolute atomic E-state index is 0.0716. The van der Waals surface area contributed by atoms with Gasteiger partial charge in [0, 0.05) is 0 Å². The average molecular weight is 340 g/mol. The lowest BCUT2D eigenvalue weighted by Crippen LogP contribution is -1.94. The van der Waals surface area contributed by atoms with Crippen molar-refractivity contribution in [3.8, 4) is 16.9 Å². The van der Waals surface area contributed by atoms with Gasteiger partial charge in [-0.2, -0.15) is 0 Å². The summed E-state index contributed by atoms with van der Waals surface area (Å²) in [4.78, 5) is 0. The van der Waals surface area contributed by atoms with Crippen LogP contribution in [0, 0.1) is 0 Å². The topological polar surface area (TPSA) is 29.5 Å². The predicted molar refractivity (Wildman–Crippen MR) is 106 cm³/mol. The van der Waals surface area contributed by atoms with E-state index in [1.165, 1.54) is 10.9 Å². The van der Waals surface area contributed by atoms with Crippen molar-refractivity contribution in [3.63, 3.8) is 0 Å². The molecule has 0 spiro atoms. The lowest BCUT2D eigenvalue weighted by Gasteiger charge is -2.09. The van der Waals surface area contributed by atoms with E-state index in [9.17, 15) is 5.11 Å². The van der Waals surface area contributed by atoms with E-state index in [1.54, 1.807) is 0 Å². The Kier molecular flexibility index (Phi) is 4.67. The van der Waals surface area contributed by atoms with Crippen molar-refractivity contribution < 1.29 is 9.84 Å². The maximum absolute atomic E-state index is 9.26. The molecule has 4 aromatic rings. The van der Waals surface area contributed by atoms with Crippen molar-refractivity contribution in [2.24, 2.45) is 0 Å². The molecule has 2 heteroatoms. The second kappa shape index (κ2) is 7.42. The van der Waals surface area contributed by atoms with Gasteiger partial charge in [-0.05, 0) is 57.3 Å². The van der Waals surface area contributed by atoms with E-state index in [4.69, 9.17) is 4.74 Å². The number of hydrogen-bond donors (Lipinski definition) is 1. The summed E-state index contributed by atoms with van der Waals surface area (Å²) in [6.07, 6.45) is 0. The highest BCUT2D eigenvalue weighted by molar-refractivity contribution is 5.87. The van der Waals surface area contributed by atoms with Crippen molar-refractivity contribution in [1.82, 2.24) is 0 Å². The van der Waals surface area contributed by atoms with Gasteiger partial charge in [-0.3, -0.25) is 0 Å². The van der Waals surface area contributed by atoms with Crippen LogP contribution in [0.4, 0.5) is 0 Å². The Labute approximate surface area is 153 Å². The lowest BCUT2D eigenvalue weighted by molar-refractivity contribution is 0.282. The van der Waals surface area contributed by atoms with E-state index < -0.39 is 0 Å². The van der Waals surface area contributed by atoms with E-state index in [-0.39, 0.29) is 6.61 Å². The zero-order chi connectivity index (χ0) is 17.8. The molecule has 0 heterocycles. The molecule has 4 aromatic carbocycles. The van der Waals surface area contributed by atoms with E-state index in [2.05, 4.69) is 48.5 Å². The Morgan fingerprint density at radius 1 is 0.615 bits per heavy atom. The Morgan fingerprint density at radius 3 is 2.08 bits per heavy atom. The van der Waals surface area contributed by atoms with E-state index in [1.807, 2.05) is 42.5 Å². The summed E-state index contributed by atoms with van der Waals surface area (Å²) in [5.41, 5.74) is 4.42.